The summed E-state index contributed by atoms with van der Waals surface area (Å²) in [5.41, 5.74) is 0. The molecule has 0 aliphatic carbocycles. The molecule has 6 N–H and O–H groups in total. The number of amides is 1. The van der Waals surface area contributed by atoms with Crippen LogP contribution in [0.4, 0.5) is 0 Å². The molecule has 8 atom stereocenters. The van der Waals surface area contributed by atoms with Crippen molar-refractivity contribution in [2.45, 2.75) is 56.1 Å². The van der Waals surface area contributed by atoms with E-state index < -0.39 is 78.0 Å². The van der Waals surface area contributed by atoms with E-state index in [0.717, 1.165) is 13.0 Å². The number of carbonyl (C=O) groups is 2. The molecule has 2 heterocycles. The molecule has 0 bridgehead atoms. The van der Waals surface area contributed by atoms with E-state index in [2.05, 4.69) is 14.2 Å². The van der Waals surface area contributed by atoms with Crippen LogP contribution in [-0.4, -0.2) is 102 Å². The second kappa shape index (κ2) is 9.94. The molecule has 1 saturated heterocycles. The van der Waals surface area contributed by atoms with Crippen molar-refractivity contribution >= 4 is 22.8 Å². The molecule has 8 unspecified atom stereocenters. The smallest absolute Gasteiger partial charge is 0.397 e. The lowest BCUT2D eigenvalue weighted by atomic mass is 9.96. The number of ether oxygens (including phenoxy) is 4. The zero-order chi connectivity index (χ0) is 22.6. The third-order valence-corrected chi connectivity index (χ3v) is 4.50. The van der Waals surface area contributed by atoms with Crippen molar-refractivity contribution in [1.29, 1.82) is 0 Å². The van der Waals surface area contributed by atoms with Crippen LogP contribution in [0.5, 0.6) is 0 Å². The molecule has 16 heteroatoms. The van der Waals surface area contributed by atoms with E-state index in [-0.39, 0.29) is 6.47 Å². The zero-order valence-electron chi connectivity index (χ0n) is 15.3. The SMILES string of the molecule is CC(=O)NC1C(O)OC(COS(=O)(=O)O)C(OC2OC(OC=O)=CC(O)C2O)C1O. The predicted octanol–water partition coefficient (Wildman–Crippen LogP) is -4.13. The van der Waals surface area contributed by atoms with Crippen LogP contribution in [0.15, 0.2) is 12.0 Å². The van der Waals surface area contributed by atoms with Gasteiger partial charge in [0.15, 0.2) is 6.29 Å². The van der Waals surface area contributed by atoms with Gasteiger partial charge in [-0.25, -0.2) is 4.18 Å². The fourth-order valence-corrected chi connectivity index (χ4v) is 3.09. The zero-order valence-corrected chi connectivity index (χ0v) is 16.1. The number of aliphatic hydroxyl groups excluding tert-OH is 4. The summed E-state index contributed by atoms with van der Waals surface area (Å²) >= 11 is 0. The minimum Gasteiger partial charge on any atom is -0.432 e. The average Bonchev–Trinajstić information content (AvgIpc) is 2.62. The molecule has 2 aliphatic rings. The van der Waals surface area contributed by atoms with Gasteiger partial charge in [-0.2, -0.15) is 8.42 Å². The third-order valence-electron chi connectivity index (χ3n) is 4.07. The standard InChI is InChI=1S/C14H21NO14S/c1-5(17)15-9-11(20)12(7(27-13(9)21)3-26-30(22,23)24)29-14-10(19)6(18)2-8(28-14)25-4-16/h2,4,6-7,9-14,18-21H,3H2,1H3,(H,15,17)(H,22,23,24). The van der Waals surface area contributed by atoms with E-state index in [1.54, 1.807) is 0 Å². The van der Waals surface area contributed by atoms with E-state index in [9.17, 15) is 38.4 Å². The van der Waals surface area contributed by atoms with E-state index in [4.69, 9.17) is 18.8 Å². The molecule has 0 aromatic rings. The molecule has 0 aromatic carbocycles. The number of hydrogen-bond donors (Lipinski definition) is 6. The van der Waals surface area contributed by atoms with Gasteiger partial charge in [-0.1, -0.05) is 0 Å². The summed E-state index contributed by atoms with van der Waals surface area (Å²) < 4.78 is 54.6. The van der Waals surface area contributed by atoms with Crippen molar-refractivity contribution in [3.63, 3.8) is 0 Å². The summed E-state index contributed by atoms with van der Waals surface area (Å²) in [6.45, 7) is 0.0994. The van der Waals surface area contributed by atoms with Crippen LogP contribution < -0.4 is 5.32 Å². The van der Waals surface area contributed by atoms with Crippen LogP contribution in [0.25, 0.3) is 0 Å². The van der Waals surface area contributed by atoms with Gasteiger partial charge in [-0.3, -0.25) is 14.1 Å². The van der Waals surface area contributed by atoms with E-state index in [0.29, 0.717) is 0 Å². The molecular formula is C14H21NO14S. The van der Waals surface area contributed by atoms with Gasteiger partial charge in [-0.05, 0) is 0 Å². The lowest BCUT2D eigenvalue weighted by molar-refractivity contribution is -0.311. The summed E-state index contributed by atoms with van der Waals surface area (Å²) in [5.74, 6) is -1.20. The predicted molar refractivity (Wildman–Crippen MR) is 89.0 cm³/mol. The number of nitrogens with one attached hydrogen (secondary N) is 1. The fourth-order valence-electron chi connectivity index (χ4n) is 2.78. The quantitative estimate of drug-likeness (QED) is 0.150. The van der Waals surface area contributed by atoms with Crippen molar-refractivity contribution in [2.75, 3.05) is 6.61 Å². The van der Waals surface area contributed by atoms with Crippen LogP contribution >= 0.6 is 0 Å². The molecule has 0 radical (unpaired) electrons. The molecule has 2 rings (SSSR count). The molecular weight excluding hydrogens is 438 g/mol. The van der Waals surface area contributed by atoms with Crippen LogP contribution in [0.1, 0.15) is 6.92 Å². The summed E-state index contributed by atoms with van der Waals surface area (Å²) in [5, 5.41) is 42.6. The van der Waals surface area contributed by atoms with Gasteiger partial charge in [0.1, 0.15) is 36.6 Å². The summed E-state index contributed by atoms with van der Waals surface area (Å²) in [6.07, 6.45) is -11.1. The topological polar surface area (TPSA) is 228 Å². The highest BCUT2D eigenvalue weighted by Gasteiger charge is 2.49. The van der Waals surface area contributed by atoms with Crippen LogP contribution in [0, 0.1) is 0 Å². The van der Waals surface area contributed by atoms with E-state index in [1.165, 1.54) is 0 Å². The first-order valence-electron chi connectivity index (χ1n) is 8.34. The maximum Gasteiger partial charge on any atom is 0.397 e. The van der Waals surface area contributed by atoms with Gasteiger partial charge in [-0.15, -0.1) is 0 Å². The largest absolute Gasteiger partial charge is 0.432 e. The molecule has 15 nitrogen and oxygen atoms in total. The Morgan fingerprint density at radius 1 is 1.27 bits per heavy atom. The first-order valence-corrected chi connectivity index (χ1v) is 9.70. The highest BCUT2D eigenvalue weighted by molar-refractivity contribution is 7.80. The number of aliphatic hydroxyl groups is 4. The Hall–Kier alpha value is -1.89. The normalized spacial score (nSPS) is 36.9. The molecule has 1 fully saturated rings. The molecule has 172 valence electrons. The van der Waals surface area contributed by atoms with Gasteiger partial charge in [0.25, 0.3) is 5.95 Å². The Morgan fingerprint density at radius 2 is 1.93 bits per heavy atom. The maximum atomic E-state index is 11.3. The van der Waals surface area contributed by atoms with Crippen molar-refractivity contribution in [1.82, 2.24) is 5.32 Å². The van der Waals surface area contributed by atoms with Crippen LogP contribution in [0.2, 0.25) is 0 Å². The fraction of sp³-hybridized carbons (Fsp3) is 0.714. The lowest BCUT2D eigenvalue weighted by Gasteiger charge is -2.44. The van der Waals surface area contributed by atoms with Crippen molar-refractivity contribution in [3.8, 4) is 0 Å². The second-order valence-corrected chi connectivity index (χ2v) is 7.35. The van der Waals surface area contributed by atoms with Gasteiger partial charge in [0.05, 0.1) is 6.61 Å². The molecule has 1 amide bonds. The summed E-state index contributed by atoms with van der Waals surface area (Å²) in [4.78, 5) is 21.8. The average molecular weight is 459 g/mol. The van der Waals surface area contributed by atoms with E-state index in [1.807, 2.05) is 0 Å². The van der Waals surface area contributed by atoms with Crippen LogP contribution in [-0.2, 0) is 43.1 Å². The Bertz CT molecular complexity index is 756. The highest BCUT2D eigenvalue weighted by Crippen LogP contribution is 2.28. The first kappa shape index (κ1) is 24.4. The molecule has 2 aliphatic heterocycles. The third kappa shape index (κ3) is 6.30. The molecule has 0 aromatic heterocycles. The Kier molecular flexibility index (Phi) is 8.08. The van der Waals surface area contributed by atoms with Crippen molar-refractivity contribution < 1.29 is 66.1 Å². The molecule has 0 spiro atoms. The van der Waals surface area contributed by atoms with Gasteiger partial charge in [0.2, 0.25) is 12.2 Å². The van der Waals surface area contributed by atoms with E-state index >= 15 is 0 Å². The van der Waals surface area contributed by atoms with Gasteiger partial charge in [0, 0.05) is 13.0 Å². The number of rotatable bonds is 8. The van der Waals surface area contributed by atoms with Gasteiger partial charge >= 0.3 is 16.9 Å². The second-order valence-electron chi connectivity index (χ2n) is 6.26. The lowest BCUT2D eigenvalue weighted by Crippen LogP contribution is -2.66. The Morgan fingerprint density at radius 3 is 2.50 bits per heavy atom. The summed E-state index contributed by atoms with van der Waals surface area (Å²) in [7, 11) is -4.94. The number of hydrogen-bond acceptors (Lipinski definition) is 13. The van der Waals surface area contributed by atoms with Crippen molar-refractivity contribution in [3.05, 3.63) is 12.0 Å². The number of carbonyl (C=O) groups excluding carboxylic acids is 2. The van der Waals surface area contributed by atoms with Gasteiger partial charge < -0.3 is 44.7 Å². The van der Waals surface area contributed by atoms with Crippen LogP contribution in [0.3, 0.4) is 0 Å². The van der Waals surface area contributed by atoms with Crippen molar-refractivity contribution in [2.24, 2.45) is 0 Å². The summed E-state index contributed by atoms with van der Waals surface area (Å²) in [6, 6.07) is -1.46. The highest BCUT2D eigenvalue weighted by atomic mass is 32.3. The Balaban J connectivity index is 2.25. The maximum absolute atomic E-state index is 11.3. The molecule has 30 heavy (non-hydrogen) atoms. The minimum absolute atomic E-state index is 0.0300. The Labute approximate surface area is 169 Å². The molecule has 0 saturated carbocycles. The monoisotopic (exact) mass is 459 g/mol. The first-order chi connectivity index (χ1) is 13.9. The minimum atomic E-state index is -4.94.